The zero-order chi connectivity index (χ0) is 10.6. The van der Waals surface area contributed by atoms with Crippen molar-refractivity contribution in [2.45, 2.75) is 33.6 Å². The van der Waals surface area contributed by atoms with E-state index >= 15 is 0 Å². The molecule has 0 aromatic heterocycles. The molecule has 0 bridgehead atoms. The third-order valence-corrected chi connectivity index (χ3v) is 2.56. The average Bonchev–Trinajstić information content (AvgIpc) is 2.18. The Morgan fingerprint density at radius 2 is 2.29 bits per heavy atom. The van der Waals surface area contributed by atoms with Crippen LogP contribution in [0.2, 0.25) is 0 Å². The Morgan fingerprint density at radius 3 is 2.86 bits per heavy atom. The molecule has 0 unspecified atom stereocenters. The minimum absolute atomic E-state index is 0.579. The zero-order valence-electron chi connectivity index (χ0n) is 9.34. The molecule has 2 heteroatoms. The Morgan fingerprint density at radius 1 is 1.57 bits per heavy atom. The van der Waals surface area contributed by atoms with Crippen LogP contribution in [0.25, 0.3) is 0 Å². The van der Waals surface area contributed by atoms with Crippen molar-refractivity contribution in [2.75, 3.05) is 6.61 Å². The van der Waals surface area contributed by atoms with Gasteiger partial charge in [0.1, 0.15) is 0 Å². The van der Waals surface area contributed by atoms with Gasteiger partial charge in [0.2, 0.25) is 5.88 Å². The first-order valence-corrected chi connectivity index (χ1v) is 5.16. The van der Waals surface area contributed by atoms with Gasteiger partial charge in [0.15, 0.2) is 0 Å². The summed E-state index contributed by atoms with van der Waals surface area (Å²) in [5.41, 5.74) is 2.56. The quantitative estimate of drug-likeness (QED) is 0.630. The molecule has 0 radical (unpaired) electrons. The molecule has 0 aliphatic carbocycles. The van der Waals surface area contributed by atoms with Crippen LogP contribution in [0.5, 0.6) is 0 Å². The molecular weight excluding hydrogens is 174 g/mol. The first-order chi connectivity index (χ1) is 6.65. The molecule has 0 fully saturated rings. The van der Waals surface area contributed by atoms with Crippen molar-refractivity contribution >= 4 is 6.72 Å². The molecule has 0 saturated heterocycles. The van der Waals surface area contributed by atoms with Gasteiger partial charge in [-0.1, -0.05) is 25.5 Å². The predicted molar refractivity (Wildman–Crippen MR) is 60.4 cm³/mol. The zero-order valence-corrected chi connectivity index (χ0v) is 9.34. The fourth-order valence-electron chi connectivity index (χ4n) is 1.35. The Bertz CT molecular complexity index is 274. The lowest BCUT2D eigenvalue weighted by molar-refractivity contribution is 0.188. The number of hydrogen-bond donors (Lipinski definition) is 0. The van der Waals surface area contributed by atoms with Crippen LogP contribution >= 0.6 is 0 Å². The Balaban J connectivity index is 2.88. The molecule has 0 N–H and O–H groups in total. The summed E-state index contributed by atoms with van der Waals surface area (Å²) >= 11 is 0. The highest BCUT2D eigenvalue weighted by Gasteiger charge is 2.11. The van der Waals surface area contributed by atoms with Gasteiger partial charge in [-0.05, 0) is 32.4 Å². The van der Waals surface area contributed by atoms with Crippen LogP contribution in [-0.4, -0.2) is 13.3 Å². The fraction of sp³-hybridized carbons (Fsp3) is 0.583. The Hall–Kier alpha value is -1.05. The first kappa shape index (κ1) is 11.0. The van der Waals surface area contributed by atoms with Crippen molar-refractivity contribution in [3.8, 4) is 0 Å². The number of hydrogen-bond acceptors (Lipinski definition) is 2. The summed E-state index contributed by atoms with van der Waals surface area (Å²) in [6.45, 7) is 10.8. The highest BCUT2D eigenvalue weighted by Crippen LogP contribution is 2.23. The van der Waals surface area contributed by atoms with E-state index in [1.165, 1.54) is 11.1 Å². The smallest absolute Gasteiger partial charge is 0.215 e. The SMILES string of the molecule is C=NC1=C(/C=C(\C)C(C)C)CCCO1. The molecule has 1 heterocycles. The molecule has 0 atom stereocenters. The van der Waals surface area contributed by atoms with Crippen molar-refractivity contribution in [1.29, 1.82) is 0 Å². The molecule has 0 spiro atoms. The van der Waals surface area contributed by atoms with E-state index in [0.717, 1.165) is 25.3 Å². The second-order valence-corrected chi connectivity index (χ2v) is 3.98. The van der Waals surface area contributed by atoms with E-state index in [0.29, 0.717) is 5.92 Å². The molecular formula is C12H19NO. The van der Waals surface area contributed by atoms with Gasteiger partial charge in [0, 0.05) is 5.57 Å². The van der Waals surface area contributed by atoms with E-state index in [4.69, 9.17) is 4.74 Å². The largest absolute Gasteiger partial charge is 0.477 e. The van der Waals surface area contributed by atoms with Crippen molar-refractivity contribution in [2.24, 2.45) is 10.9 Å². The normalized spacial score (nSPS) is 18.4. The van der Waals surface area contributed by atoms with Crippen molar-refractivity contribution in [3.05, 3.63) is 23.1 Å². The van der Waals surface area contributed by atoms with E-state index in [1.807, 2.05) is 0 Å². The second kappa shape index (κ2) is 4.99. The monoisotopic (exact) mass is 193 g/mol. The summed E-state index contributed by atoms with van der Waals surface area (Å²) in [5, 5.41) is 0. The maximum atomic E-state index is 5.43. The molecule has 0 saturated carbocycles. The van der Waals surface area contributed by atoms with E-state index in [9.17, 15) is 0 Å². The molecule has 78 valence electrons. The third kappa shape index (κ3) is 2.72. The highest BCUT2D eigenvalue weighted by atomic mass is 16.5. The van der Waals surface area contributed by atoms with Gasteiger partial charge in [-0.3, -0.25) is 0 Å². The van der Waals surface area contributed by atoms with Crippen LogP contribution in [-0.2, 0) is 4.74 Å². The van der Waals surface area contributed by atoms with E-state index in [-0.39, 0.29) is 0 Å². The molecule has 0 aromatic carbocycles. The van der Waals surface area contributed by atoms with Gasteiger partial charge in [-0.15, -0.1) is 0 Å². The number of aliphatic imine (C=N–C) groups is 1. The lowest BCUT2D eigenvalue weighted by Crippen LogP contribution is -2.05. The van der Waals surface area contributed by atoms with Crippen LogP contribution in [0.3, 0.4) is 0 Å². The molecule has 2 nitrogen and oxygen atoms in total. The lowest BCUT2D eigenvalue weighted by atomic mass is 10.00. The van der Waals surface area contributed by atoms with E-state index < -0.39 is 0 Å². The summed E-state index contributed by atoms with van der Waals surface area (Å²) in [6, 6.07) is 0. The fourth-order valence-corrected chi connectivity index (χ4v) is 1.35. The molecule has 1 rings (SSSR count). The standard InChI is InChI=1S/C12H19NO/c1-9(2)10(3)8-11-6-5-7-14-12(11)13-4/h8-9H,4-7H2,1-3H3/b10-8+. The molecule has 14 heavy (non-hydrogen) atoms. The van der Waals surface area contributed by atoms with Crippen molar-refractivity contribution < 1.29 is 4.74 Å². The predicted octanol–water partition coefficient (Wildman–Crippen LogP) is 3.31. The number of rotatable bonds is 3. The van der Waals surface area contributed by atoms with Gasteiger partial charge in [0.05, 0.1) is 6.61 Å². The second-order valence-electron chi connectivity index (χ2n) is 3.98. The van der Waals surface area contributed by atoms with Gasteiger partial charge in [-0.25, -0.2) is 4.99 Å². The summed E-state index contributed by atoms with van der Waals surface area (Å²) in [6.07, 6.45) is 4.32. The number of allylic oxidation sites excluding steroid dienone is 3. The highest BCUT2D eigenvalue weighted by molar-refractivity contribution is 5.34. The minimum Gasteiger partial charge on any atom is -0.477 e. The average molecular weight is 193 g/mol. The summed E-state index contributed by atoms with van der Waals surface area (Å²) in [7, 11) is 0. The third-order valence-electron chi connectivity index (χ3n) is 2.56. The first-order valence-electron chi connectivity index (χ1n) is 5.16. The summed E-state index contributed by atoms with van der Waals surface area (Å²) < 4.78 is 5.43. The topological polar surface area (TPSA) is 21.6 Å². The lowest BCUT2D eigenvalue weighted by Gasteiger charge is -2.17. The van der Waals surface area contributed by atoms with Gasteiger partial charge in [0.25, 0.3) is 0 Å². The Labute approximate surface area is 86.4 Å². The molecule has 0 amide bonds. The van der Waals surface area contributed by atoms with Crippen LogP contribution < -0.4 is 0 Å². The summed E-state index contributed by atoms with van der Waals surface area (Å²) in [4.78, 5) is 3.90. The van der Waals surface area contributed by atoms with Crippen LogP contribution in [0.1, 0.15) is 33.6 Å². The molecule has 1 aliphatic rings. The van der Waals surface area contributed by atoms with Crippen molar-refractivity contribution in [1.82, 2.24) is 0 Å². The molecule has 0 aromatic rings. The number of nitrogens with zero attached hydrogens (tertiary/aromatic N) is 1. The summed E-state index contributed by atoms with van der Waals surface area (Å²) in [5.74, 6) is 1.30. The van der Waals surface area contributed by atoms with Crippen LogP contribution in [0.15, 0.2) is 28.1 Å². The van der Waals surface area contributed by atoms with E-state index in [2.05, 4.69) is 38.6 Å². The van der Waals surface area contributed by atoms with Gasteiger partial charge < -0.3 is 4.74 Å². The van der Waals surface area contributed by atoms with Crippen LogP contribution in [0.4, 0.5) is 0 Å². The van der Waals surface area contributed by atoms with Gasteiger partial charge >= 0.3 is 0 Å². The number of ether oxygens (including phenoxy) is 1. The van der Waals surface area contributed by atoms with Gasteiger partial charge in [-0.2, -0.15) is 0 Å². The minimum atomic E-state index is 0.579. The maximum Gasteiger partial charge on any atom is 0.215 e. The Kier molecular flexibility index (Phi) is 3.93. The van der Waals surface area contributed by atoms with Crippen molar-refractivity contribution in [3.63, 3.8) is 0 Å². The molecule has 1 aliphatic heterocycles. The van der Waals surface area contributed by atoms with Crippen LogP contribution in [0, 0.1) is 5.92 Å². The maximum absolute atomic E-state index is 5.43. The van der Waals surface area contributed by atoms with E-state index in [1.54, 1.807) is 0 Å².